The van der Waals surface area contributed by atoms with Crippen molar-refractivity contribution in [3.05, 3.63) is 0 Å². The van der Waals surface area contributed by atoms with E-state index in [1.165, 1.54) is 0 Å². The van der Waals surface area contributed by atoms with E-state index < -0.39 is 10.0 Å². The lowest BCUT2D eigenvalue weighted by molar-refractivity contribution is 0.145. The Hall–Kier alpha value is -0.440. The van der Waals surface area contributed by atoms with Gasteiger partial charge in [0.15, 0.2) is 5.11 Å². The molecule has 0 saturated carbocycles. The maximum Gasteiger partial charge on any atom is 0.214 e. The molecule has 1 saturated heterocycles. The second-order valence-corrected chi connectivity index (χ2v) is 7.94. The number of rotatable bonds is 9. The molecule has 0 radical (unpaired) electrons. The Labute approximate surface area is 140 Å². The van der Waals surface area contributed by atoms with Crippen LogP contribution in [0.3, 0.4) is 0 Å². The Morgan fingerprint density at radius 1 is 1.32 bits per heavy atom. The van der Waals surface area contributed by atoms with E-state index >= 15 is 0 Å². The zero-order chi connectivity index (χ0) is 16.4. The third-order valence-electron chi connectivity index (χ3n) is 3.60. The molecule has 130 valence electrons. The van der Waals surface area contributed by atoms with Gasteiger partial charge in [-0.3, -0.25) is 0 Å². The first-order chi connectivity index (χ1) is 10.5. The number of nitrogens with zero attached hydrogens (tertiary/aromatic N) is 1. The first-order valence-electron chi connectivity index (χ1n) is 8.09. The van der Waals surface area contributed by atoms with Crippen LogP contribution < -0.4 is 10.6 Å². The Morgan fingerprint density at radius 2 is 2.00 bits per heavy atom. The minimum Gasteiger partial charge on any atom is -0.382 e. The van der Waals surface area contributed by atoms with Gasteiger partial charge in [0.25, 0.3) is 0 Å². The number of hydrogen-bond acceptors (Lipinski definition) is 4. The van der Waals surface area contributed by atoms with Gasteiger partial charge < -0.3 is 15.4 Å². The van der Waals surface area contributed by atoms with Crippen LogP contribution in [0.15, 0.2) is 0 Å². The molecule has 0 amide bonds. The van der Waals surface area contributed by atoms with Crippen molar-refractivity contribution in [3.8, 4) is 0 Å². The highest BCUT2D eigenvalue weighted by Crippen LogP contribution is 2.15. The van der Waals surface area contributed by atoms with Gasteiger partial charge in [0.1, 0.15) is 0 Å². The molecule has 0 spiro atoms. The lowest BCUT2D eigenvalue weighted by Crippen LogP contribution is -2.49. The predicted molar refractivity (Wildman–Crippen MR) is 93.5 cm³/mol. The van der Waals surface area contributed by atoms with Crippen LogP contribution in [0.2, 0.25) is 0 Å². The first kappa shape index (κ1) is 19.6. The lowest BCUT2D eigenvalue weighted by atomic mass is 10.1. The molecule has 22 heavy (non-hydrogen) atoms. The fourth-order valence-corrected chi connectivity index (χ4v) is 4.23. The van der Waals surface area contributed by atoms with Crippen LogP contribution in [0, 0.1) is 0 Å². The molecule has 1 aliphatic heterocycles. The van der Waals surface area contributed by atoms with Gasteiger partial charge in [-0.1, -0.05) is 6.92 Å². The van der Waals surface area contributed by atoms with E-state index in [1.807, 2.05) is 13.8 Å². The highest BCUT2D eigenvalue weighted by molar-refractivity contribution is 7.89. The van der Waals surface area contributed by atoms with E-state index in [0.29, 0.717) is 24.6 Å². The van der Waals surface area contributed by atoms with Gasteiger partial charge in [0.05, 0.1) is 5.75 Å². The Kier molecular flexibility index (Phi) is 9.23. The van der Waals surface area contributed by atoms with Crippen molar-refractivity contribution in [1.29, 1.82) is 0 Å². The van der Waals surface area contributed by atoms with Crippen molar-refractivity contribution < 1.29 is 13.2 Å². The van der Waals surface area contributed by atoms with E-state index in [-0.39, 0.29) is 11.8 Å². The van der Waals surface area contributed by atoms with Crippen LogP contribution in [0.5, 0.6) is 0 Å². The van der Waals surface area contributed by atoms with Crippen molar-refractivity contribution in [1.82, 2.24) is 14.9 Å². The van der Waals surface area contributed by atoms with Crippen LogP contribution in [-0.2, 0) is 14.8 Å². The molecule has 0 unspecified atom stereocenters. The van der Waals surface area contributed by atoms with Gasteiger partial charge in [-0.05, 0) is 44.8 Å². The minimum absolute atomic E-state index is 0.241. The molecular weight excluding hydrogens is 322 g/mol. The smallest absolute Gasteiger partial charge is 0.214 e. The Balaban J connectivity index is 2.21. The fraction of sp³-hybridized carbons (Fsp3) is 0.929. The zero-order valence-corrected chi connectivity index (χ0v) is 15.3. The first-order valence-corrected chi connectivity index (χ1v) is 10.1. The molecule has 1 rings (SSSR count). The van der Waals surface area contributed by atoms with E-state index in [0.717, 1.165) is 39.0 Å². The molecule has 1 heterocycles. The van der Waals surface area contributed by atoms with Gasteiger partial charge in [0, 0.05) is 38.9 Å². The van der Waals surface area contributed by atoms with Gasteiger partial charge in [-0.15, -0.1) is 0 Å². The maximum absolute atomic E-state index is 12.0. The number of thiocarbonyl (C=S) groups is 1. The number of sulfonamides is 1. The quantitative estimate of drug-likeness (QED) is 0.478. The monoisotopic (exact) mass is 351 g/mol. The van der Waals surface area contributed by atoms with Crippen molar-refractivity contribution in [2.75, 3.05) is 38.6 Å². The van der Waals surface area contributed by atoms with E-state index in [1.54, 1.807) is 4.31 Å². The number of piperidine rings is 1. The molecular formula is C14H29N3O3S2. The fourth-order valence-electron chi connectivity index (χ4n) is 2.42. The summed E-state index contributed by atoms with van der Waals surface area (Å²) in [6.07, 6.45) is 3.17. The van der Waals surface area contributed by atoms with Crippen molar-refractivity contribution in [2.45, 2.75) is 45.6 Å². The SMILES string of the molecule is CCCS(=O)(=O)N1CCC(NC(=S)NCCCOCC)CC1. The summed E-state index contributed by atoms with van der Waals surface area (Å²) in [6, 6.07) is 0.250. The highest BCUT2D eigenvalue weighted by atomic mass is 32.2. The van der Waals surface area contributed by atoms with E-state index in [2.05, 4.69) is 10.6 Å². The normalized spacial score (nSPS) is 17.4. The summed E-state index contributed by atoms with van der Waals surface area (Å²) in [5.41, 5.74) is 0. The molecule has 0 atom stereocenters. The molecule has 2 N–H and O–H groups in total. The molecule has 0 aliphatic carbocycles. The van der Waals surface area contributed by atoms with Crippen molar-refractivity contribution in [3.63, 3.8) is 0 Å². The molecule has 0 bridgehead atoms. The molecule has 1 aliphatic rings. The summed E-state index contributed by atoms with van der Waals surface area (Å²) in [5, 5.41) is 7.08. The summed E-state index contributed by atoms with van der Waals surface area (Å²) in [6.45, 7) is 7.28. The second-order valence-electron chi connectivity index (χ2n) is 5.44. The van der Waals surface area contributed by atoms with E-state index in [4.69, 9.17) is 17.0 Å². The standard InChI is InChI=1S/C14H29N3O3S2/c1-3-12-22(18,19)17-9-6-13(7-10-17)16-14(21)15-8-5-11-20-4-2/h13H,3-12H2,1-2H3,(H2,15,16,21). The number of nitrogens with one attached hydrogen (secondary N) is 2. The van der Waals surface area contributed by atoms with Gasteiger partial charge in [0.2, 0.25) is 10.0 Å². The van der Waals surface area contributed by atoms with Crippen LogP contribution in [-0.4, -0.2) is 62.5 Å². The minimum atomic E-state index is -3.07. The zero-order valence-electron chi connectivity index (χ0n) is 13.6. The third kappa shape index (κ3) is 7.21. The van der Waals surface area contributed by atoms with Crippen LogP contribution >= 0.6 is 12.2 Å². The third-order valence-corrected chi connectivity index (χ3v) is 5.94. The van der Waals surface area contributed by atoms with E-state index in [9.17, 15) is 8.42 Å². The molecule has 8 heteroatoms. The average molecular weight is 352 g/mol. The lowest BCUT2D eigenvalue weighted by Gasteiger charge is -2.32. The molecule has 0 aromatic carbocycles. The average Bonchev–Trinajstić information content (AvgIpc) is 2.47. The van der Waals surface area contributed by atoms with Crippen LogP contribution in [0.25, 0.3) is 0 Å². The van der Waals surface area contributed by atoms with Crippen molar-refractivity contribution >= 4 is 27.4 Å². The number of ether oxygens (including phenoxy) is 1. The topological polar surface area (TPSA) is 70.7 Å². The molecule has 1 fully saturated rings. The highest BCUT2D eigenvalue weighted by Gasteiger charge is 2.27. The number of hydrogen-bond donors (Lipinski definition) is 2. The van der Waals surface area contributed by atoms with Crippen LogP contribution in [0.4, 0.5) is 0 Å². The summed E-state index contributed by atoms with van der Waals surface area (Å²) in [7, 11) is -3.07. The maximum atomic E-state index is 12.0. The molecule has 0 aromatic heterocycles. The molecule has 6 nitrogen and oxygen atoms in total. The Morgan fingerprint density at radius 3 is 2.59 bits per heavy atom. The van der Waals surface area contributed by atoms with Crippen molar-refractivity contribution in [2.24, 2.45) is 0 Å². The Bertz CT molecular complexity index is 421. The molecule has 0 aromatic rings. The summed E-state index contributed by atoms with van der Waals surface area (Å²) in [5.74, 6) is 0.241. The van der Waals surface area contributed by atoms with Gasteiger partial charge in [-0.25, -0.2) is 12.7 Å². The summed E-state index contributed by atoms with van der Waals surface area (Å²) < 4.78 is 30.9. The predicted octanol–water partition coefficient (Wildman–Crippen LogP) is 1.08. The van der Waals surface area contributed by atoms with Crippen LogP contribution in [0.1, 0.15) is 39.5 Å². The largest absolute Gasteiger partial charge is 0.382 e. The second kappa shape index (κ2) is 10.4. The summed E-state index contributed by atoms with van der Waals surface area (Å²) in [4.78, 5) is 0. The summed E-state index contributed by atoms with van der Waals surface area (Å²) >= 11 is 5.26. The van der Waals surface area contributed by atoms with Gasteiger partial charge >= 0.3 is 0 Å². The van der Waals surface area contributed by atoms with Gasteiger partial charge in [-0.2, -0.15) is 0 Å².